The number of hydrogen-bond acceptors (Lipinski definition) is 15. The van der Waals surface area contributed by atoms with Gasteiger partial charge >= 0.3 is 39.5 Å². The number of rotatable bonds is 65. The van der Waals surface area contributed by atoms with Crippen molar-refractivity contribution in [2.45, 2.75) is 348 Å². The zero-order valence-electron chi connectivity index (χ0n) is 53.2. The molecule has 0 aromatic rings. The van der Waals surface area contributed by atoms with E-state index in [-0.39, 0.29) is 25.7 Å². The Balaban J connectivity index is 5.14. The summed E-state index contributed by atoms with van der Waals surface area (Å²) in [4.78, 5) is 72.0. The van der Waals surface area contributed by atoms with Crippen molar-refractivity contribution in [1.29, 1.82) is 0 Å². The highest BCUT2D eigenvalue weighted by Gasteiger charge is 2.30. The van der Waals surface area contributed by atoms with Crippen molar-refractivity contribution in [3.63, 3.8) is 0 Å². The molecule has 17 nitrogen and oxygen atoms in total. The van der Waals surface area contributed by atoms with Gasteiger partial charge in [0.05, 0.1) is 26.4 Å². The topological polar surface area (TPSA) is 237 Å². The molecule has 0 radical (unpaired) electrons. The normalized spacial score (nSPS) is 14.2. The minimum Gasteiger partial charge on any atom is -0.462 e. The number of phosphoric acid groups is 2. The third-order valence-electron chi connectivity index (χ3n) is 14.9. The molecule has 0 amide bonds. The Hall–Kier alpha value is -1.94. The maximum Gasteiger partial charge on any atom is 0.472 e. The molecule has 0 aliphatic carbocycles. The van der Waals surface area contributed by atoms with Crippen molar-refractivity contribution in [3.8, 4) is 0 Å². The van der Waals surface area contributed by atoms with E-state index in [4.69, 9.17) is 37.0 Å². The average Bonchev–Trinajstić information content (AvgIpc) is 3.50. The highest BCUT2D eigenvalue weighted by Crippen LogP contribution is 2.45. The van der Waals surface area contributed by atoms with Crippen LogP contribution >= 0.6 is 15.6 Å². The van der Waals surface area contributed by atoms with Crippen LogP contribution in [0.15, 0.2) is 0 Å². The maximum atomic E-state index is 13.0. The van der Waals surface area contributed by atoms with Gasteiger partial charge in [-0.05, 0) is 25.7 Å². The summed E-state index contributed by atoms with van der Waals surface area (Å²) in [5.74, 6) is -2.14. The molecule has 0 aliphatic rings. The van der Waals surface area contributed by atoms with E-state index < -0.39 is 97.5 Å². The van der Waals surface area contributed by atoms with E-state index in [2.05, 4.69) is 27.7 Å². The lowest BCUT2D eigenvalue weighted by Crippen LogP contribution is -2.30. The number of ether oxygens (including phenoxy) is 4. The Morgan fingerprint density at radius 1 is 0.289 bits per heavy atom. The quantitative estimate of drug-likeness (QED) is 0.0222. The second-order valence-corrected chi connectivity index (χ2v) is 26.1. The van der Waals surface area contributed by atoms with Gasteiger partial charge in [-0.25, -0.2) is 9.13 Å². The van der Waals surface area contributed by atoms with Crippen molar-refractivity contribution in [2.75, 3.05) is 39.6 Å². The monoisotopic (exact) mass is 1230 g/mol. The molecule has 3 N–H and O–H groups in total. The number of esters is 4. The number of carbonyl (C=O) groups excluding carboxylic acids is 4. The minimum atomic E-state index is -4.94. The number of carbonyl (C=O) groups is 4. The molecule has 19 heteroatoms. The Labute approximate surface area is 505 Å². The van der Waals surface area contributed by atoms with E-state index in [1.54, 1.807) is 0 Å². The van der Waals surface area contributed by atoms with Crippen molar-refractivity contribution < 1.29 is 80.2 Å². The van der Waals surface area contributed by atoms with Gasteiger partial charge in [0.25, 0.3) is 0 Å². The lowest BCUT2D eigenvalue weighted by atomic mass is 10.0. The molecular weight excluding hydrogens is 1100 g/mol. The molecule has 0 rings (SSSR count). The smallest absolute Gasteiger partial charge is 0.462 e. The van der Waals surface area contributed by atoms with Gasteiger partial charge in [0.2, 0.25) is 0 Å². The first-order chi connectivity index (χ1) is 40.2. The fourth-order valence-electron chi connectivity index (χ4n) is 9.63. The average molecular weight is 1230 g/mol. The van der Waals surface area contributed by atoms with Gasteiger partial charge in [-0.3, -0.25) is 37.3 Å². The number of aliphatic hydroxyl groups is 1. The van der Waals surface area contributed by atoms with Crippen LogP contribution in [0.4, 0.5) is 0 Å². The highest BCUT2D eigenvalue weighted by molar-refractivity contribution is 7.47. The van der Waals surface area contributed by atoms with E-state index >= 15 is 0 Å². The van der Waals surface area contributed by atoms with Crippen LogP contribution in [0.25, 0.3) is 0 Å². The number of hydrogen-bond donors (Lipinski definition) is 3. The molecule has 492 valence electrons. The molecule has 0 bridgehead atoms. The molecule has 0 heterocycles. The van der Waals surface area contributed by atoms with Crippen LogP contribution in [-0.2, 0) is 65.4 Å². The van der Waals surface area contributed by atoms with E-state index in [0.29, 0.717) is 25.7 Å². The first-order valence-electron chi connectivity index (χ1n) is 33.8. The van der Waals surface area contributed by atoms with Gasteiger partial charge in [0.15, 0.2) is 12.2 Å². The summed E-state index contributed by atoms with van der Waals surface area (Å²) >= 11 is 0. The maximum absolute atomic E-state index is 13.0. The third kappa shape index (κ3) is 58.8. The zero-order valence-corrected chi connectivity index (χ0v) is 54.9. The summed E-state index contributed by atoms with van der Waals surface area (Å²) in [6.07, 6.45) is 44.7. The van der Waals surface area contributed by atoms with Crippen molar-refractivity contribution in [3.05, 3.63) is 0 Å². The molecule has 83 heavy (non-hydrogen) atoms. The van der Waals surface area contributed by atoms with Crippen LogP contribution in [0.5, 0.6) is 0 Å². The number of unbranched alkanes of at least 4 members (excludes halogenated alkanes) is 39. The molecule has 2 unspecified atom stereocenters. The molecule has 5 atom stereocenters. The van der Waals surface area contributed by atoms with Gasteiger partial charge in [-0.15, -0.1) is 0 Å². The van der Waals surface area contributed by atoms with E-state index in [1.807, 2.05) is 0 Å². The van der Waals surface area contributed by atoms with Crippen LogP contribution < -0.4 is 0 Å². The first-order valence-corrected chi connectivity index (χ1v) is 36.8. The molecule has 0 fully saturated rings. The first kappa shape index (κ1) is 81.1. The van der Waals surface area contributed by atoms with Crippen molar-refractivity contribution >= 4 is 39.5 Å². The van der Waals surface area contributed by atoms with Crippen LogP contribution in [-0.4, -0.2) is 96.7 Å². The summed E-state index contributed by atoms with van der Waals surface area (Å²) in [6.45, 7) is 4.82. The minimum absolute atomic E-state index is 0.105. The standard InChI is InChI=1S/C64H124O17P2/c1-5-9-13-17-21-24-26-27-28-29-30-31-32-33-35-39-43-47-51-64(69)81-60(55-75-62(67)49-45-41-38-34-25-22-18-14-10-6-2)57-79-83(72,73)77-53-58(65)52-76-82(70,71)78-56-59(54-74-61(66)48-44-40-36-20-16-12-8-4)80-63(68)50-46-42-37-23-19-15-11-7-3/h58-60,65H,5-57H2,1-4H3,(H,70,71)(H,72,73)/t58-,59+,60+/m0/s1. The third-order valence-corrected chi connectivity index (χ3v) is 16.8. The van der Waals surface area contributed by atoms with E-state index in [1.165, 1.54) is 141 Å². The lowest BCUT2D eigenvalue weighted by Gasteiger charge is -2.21. The second-order valence-electron chi connectivity index (χ2n) is 23.2. The Morgan fingerprint density at radius 2 is 0.482 bits per heavy atom. The second kappa shape index (κ2) is 59.0. The van der Waals surface area contributed by atoms with Crippen LogP contribution in [0.2, 0.25) is 0 Å². The fraction of sp³-hybridized carbons (Fsp3) is 0.938. The van der Waals surface area contributed by atoms with Crippen molar-refractivity contribution in [2.24, 2.45) is 0 Å². The molecule has 0 aliphatic heterocycles. The SMILES string of the molecule is CCCCCCCCCCCCCCCCCCCCC(=O)O[C@H](COC(=O)CCCCCCCCCCCC)COP(=O)(O)OC[C@@H](O)COP(=O)(O)OC[C@@H](COC(=O)CCCCCCCCC)OC(=O)CCCCCCCCCC. The largest absolute Gasteiger partial charge is 0.472 e. The molecule has 0 saturated heterocycles. The highest BCUT2D eigenvalue weighted by atomic mass is 31.2. The summed E-state index contributed by atoms with van der Waals surface area (Å²) in [5, 5.41) is 10.5. The molecule has 0 aromatic carbocycles. The van der Waals surface area contributed by atoms with Gasteiger partial charge in [0, 0.05) is 25.7 Å². The Bertz CT molecular complexity index is 1600. The summed E-state index contributed by atoms with van der Waals surface area (Å²) < 4.78 is 67.8. The zero-order chi connectivity index (χ0) is 61.2. The summed E-state index contributed by atoms with van der Waals surface area (Å²) in [5.41, 5.74) is 0. The summed E-state index contributed by atoms with van der Waals surface area (Å²) in [6, 6.07) is 0. The fourth-order valence-corrected chi connectivity index (χ4v) is 11.2. The Morgan fingerprint density at radius 3 is 0.711 bits per heavy atom. The number of aliphatic hydroxyl groups excluding tert-OH is 1. The van der Waals surface area contributed by atoms with Crippen LogP contribution in [0.3, 0.4) is 0 Å². The molecule has 0 aromatic heterocycles. The summed E-state index contributed by atoms with van der Waals surface area (Å²) in [7, 11) is -9.87. The van der Waals surface area contributed by atoms with Gasteiger partial charge in [-0.2, -0.15) is 0 Å². The van der Waals surface area contributed by atoms with Crippen LogP contribution in [0, 0.1) is 0 Å². The van der Waals surface area contributed by atoms with Crippen molar-refractivity contribution in [1.82, 2.24) is 0 Å². The van der Waals surface area contributed by atoms with E-state index in [0.717, 1.165) is 109 Å². The molecule has 0 saturated carbocycles. The number of phosphoric ester groups is 2. The van der Waals surface area contributed by atoms with Gasteiger partial charge < -0.3 is 33.8 Å². The van der Waals surface area contributed by atoms with E-state index in [9.17, 15) is 43.2 Å². The lowest BCUT2D eigenvalue weighted by molar-refractivity contribution is -0.161. The molecular formula is C64H124O17P2. The Kier molecular flexibility index (Phi) is 57.7. The molecule has 0 spiro atoms. The van der Waals surface area contributed by atoms with Crippen LogP contribution in [0.1, 0.15) is 329 Å². The van der Waals surface area contributed by atoms with Gasteiger partial charge in [0.1, 0.15) is 19.3 Å². The predicted octanol–water partition coefficient (Wildman–Crippen LogP) is 17.9. The predicted molar refractivity (Wildman–Crippen MR) is 331 cm³/mol. The van der Waals surface area contributed by atoms with Gasteiger partial charge in [-0.1, -0.05) is 278 Å².